The van der Waals surface area contributed by atoms with Crippen LogP contribution in [0.4, 0.5) is 0 Å². The first-order chi connectivity index (χ1) is 3.66. The maximum atomic E-state index is 6.91. The highest BCUT2D eigenvalue weighted by Crippen LogP contribution is 1.91. The van der Waals surface area contributed by atoms with Crippen LogP contribution in [0.25, 0.3) is 0 Å². The molecule has 0 aromatic rings. The summed E-state index contributed by atoms with van der Waals surface area (Å²) < 4.78 is 0. The van der Waals surface area contributed by atoms with E-state index in [1.54, 1.807) is 13.8 Å². The van der Waals surface area contributed by atoms with Gasteiger partial charge in [-0.3, -0.25) is 0 Å². The van der Waals surface area contributed by atoms with Gasteiger partial charge in [-0.25, -0.2) is 5.53 Å². The molecule has 3 heteroatoms. The molecule has 0 saturated heterocycles. The second-order valence-electron chi connectivity index (χ2n) is 1.58. The van der Waals surface area contributed by atoms with Gasteiger partial charge in [-0.15, -0.1) is 0 Å². The molecule has 2 N–H and O–H groups in total. The molecule has 8 heavy (non-hydrogen) atoms. The Balaban J connectivity index is 3.94. The molecule has 0 atom stereocenters. The smallest absolute Gasteiger partial charge is 0.0610 e. The Bertz CT molecular complexity index is 135. The van der Waals surface area contributed by atoms with Crippen molar-refractivity contribution in [3.8, 4) is 0 Å². The molecule has 0 amide bonds. The molecular weight excluding hydrogens is 102 g/mol. The monoisotopic (exact) mass is 111 g/mol. The quantitative estimate of drug-likeness (QED) is 0.404. The fourth-order valence-corrected chi connectivity index (χ4v) is 0.346. The molecule has 0 fully saturated rings. The van der Waals surface area contributed by atoms with E-state index in [4.69, 9.17) is 10.9 Å². The van der Waals surface area contributed by atoms with Gasteiger partial charge in [0.05, 0.1) is 5.70 Å². The van der Waals surface area contributed by atoms with Crippen molar-refractivity contribution in [2.45, 2.75) is 13.8 Å². The maximum absolute atomic E-state index is 6.91. The number of nitrogens with zero attached hydrogens (tertiary/aromatic N) is 1. The first kappa shape index (κ1) is 7.01. The first-order valence-electron chi connectivity index (χ1n) is 2.27. The van der Waals surface area contributed by atoms with Crippen molar-refractivity contribution in [1.29, 1.82) is 10.9 Å². The van der Waals surface area contributed by atoms with Gasteiger partial charge in [-0.1, -0.05) is 0 Å². The van der Waals surface area contributed by atoms with Gasteiger partial charge in [0.25, 0.3) is 0 Å². The fraction of sp³-hybridized carbons (Fsp3) is 0.400. The number of hydrogen-bond acceptors (Lipinski definition) is 3. The summed E-state index contributed by atoms with van der Waals surface area (Å²) in [4.78, 5) is 0. The summed E-state index contributed by atoms with van der Waals surface area (Å²) in [6.07, 6.45) is 1.53. The van der Waals surface area contributed by atoms with E-state index < -0.39 is 0 Å². The van der Waals surface area contributed by atoms with Gasteiger partial charge in [0.15, 0.2) is 0 Å². The number of rotatable bonds is 2. The molecule has 0 aromatic carbocycles. The predicted octanol–water partition coefficient (Wildman–Crippen LogP) is 1.96. The highest BCUT2D eigenvalue weighted by molar-refractivity contribution is 5.90. The van der Waals surface area contributed by atoms with Crippen molar-refractivity contribution < 1.29 is 0 Å². The minimum Gasteiger partial charge on any atom is -0.306 e. The van der Waals surface area contributed by atoms with Crippen LogP contribution in [0.2, 0.25) is 0 Å². The Morgan fingerprint density at radius 2 is 2.00 bits per heavy atom. The third kappa shape index (κ3) is 3.21. The number of nitrogens with one attached hydrogen (secondary N) is 2. The van der Waals surface area contributed by atoms with Crippen molar-refractivity contribution in [3.05, 3.63) is 11.8 Å². The van der Waals surface area contributed by atoms with Crippen molar-refractivity contribution in [3.63, 3.8) is 0 Å². The van der Waals surface area contributed by atoms with E-state index in [1.165, 1.54) is 6.08 Å². The molecule has 0 aromatic heterocycles. The summed E-state index contributed by atoms with van der Waals surface area (Å²) in [5, 5.41) is 10.0. The normalized spacial score (nSPS) is 11.0. The van der Waals surface area contributed by atoms with E-state index in [0.29, 0.717) is 11.4 Å². The highest BCUT2D eigenvalue weighted by Gasteiger charge is 1.81. The summed E-state index contributed by atoms with van der Waals surface area (Å²) >= 11 is 0. The van der Waals surface area contributed by atoms with Gasteiger partial charge in [0.1, 0.15) is 0 Å². The Hall–Kier alpha value is -0.990. The van der Waals surface area contributed by atoms with Crippen LogP contribution in [-0.2, 0) is 0 Å². The molecule has 0 unspecified atom stereocenters. The van der Waals surface area contributed by atoms with Crippen LogP contribution in [0, 0.1) is 10.9 Å². The molecule has 44 valence electrons. The van der Waals surface area contributed by atoms with Gasteiger partial charge in [-0.05, 0) is 19.9 Å². The van der Waals surface area contributed by atoms with Crippen LogP contribution in [0.1, 0.15) is 13.8 Å². The van der Waals surface area contributed by atoms with Gasteiger partial charge in [0, 0.05) is 5.71 Å². The third-order valence-electron chi connectivity index (χ3n) is 0.602. The molecule has 0 heterocycles. The van der Waals surface area contributed by atoms with E-state index in [9.17, 15) is 0 Å². The Kier molecular flexibility index (Phi) is 2.69. The van der Waals surface area contributed by atoms with Crippen LogP contribution >= 0.6 is 0 Å². The second-order valence-corrected chi connectivity index (χ2v) is 1.58. The number of allylic oxidation sites excluding steroid dienone is 2. The summed E-state index contributed by atoms with van der Waals surface area (Å²) in [5.74, 6) is 0. The molecular formula is C5H9N3. The lowest BCUT2D eigenvalue weighted by Crippen LogP contribution is -1.79. The molecule has 0 aliphatic rings. The minimum absolute atomic E-state index is 0.429. The van der Waals surface area contributed by atoms with Crippen LogP contribution in [0.5, 0.6) is 0 Å². The zero-order valence-electron chi connectivity index (χ0n) is 5.02. The van der Waals surface area contributed by atoms with Crippen molar-refractivity contribution in [2.75, 3.05) is 0 Å². The average Bonchev–Trinajstić information content (AvgIpc) is 1.65. The molecule has 0 saturated carbocycles. The standard InChI is InChI=1S/C5H9N3/c1-4(6)3-5(2)8-7/h3,6-7H,1-2H3/b5-3-,6-4?,8-7?. The summed E-state index contributed by atoms with van der Waals surface area (Å²) in [6.45, 7) is 3.33. The second kappa shape index (κ2) is 3.07. The summed E-state index contributed by atoms with van der Waals surface area (Å²) in [7, 11) is 0. The van der Waals surface area contributed by atoms with Gasteiger partial charge >= 0.3 is 0 Å². The van der Waals surface area contributed by atoms with E-state index >= 15 is 0 Å². The largest absolute Gasteiger partial charge is 0.306 e. The van der Waals surface area contributed by atoms with Gasteiger partial charge in [0.2, 0.25) is 0 Å². The highest BCUT2D eigenvalue weighted by atomic mass is 15.0. The lowest BCUT2D eigenvalue weighted by Gasteiger charge is -1.84. The van der Waals surface area contributed by atoms with E-state index in [2.05, 4.69) is 5.11 Å². The lowest BCUT2D eigenvalue weighted by molar-refractivity contribution is 1.06. The molecule has 0 rings (SSSR count). The van der Waals surface area contributed by atoms with Crippen LogP contribution in [0.15, 0.2) is 16.9 Å². The van der Waals surface area contributed by atoms with Crippen LogP contribution < -0.4 is 0 Å². The fourth-order valence-electron chi connectivity index (χ4n) is 0.346. The predicted molar refractivity (Wildman–Crippen MR) is 32.3 cm³/mol. The Morgan fingerprint density at radius 1 is 1.50 bits per heavy atom. The minimum atomic E-state index is 0.429. The molecule has 0 spiro atoms. The summed E-state index contributed by atoms with van der Waals surface area (Å²) in [6, 6.07) is 0. The zero-order valence-corrected chi connectivity index (χ0v) is 5.02. The van der Waals surface area contributed by atoms with E-state index in [1.807, 2.05) is 0 Å². The molecule has 0 bridgehead atoms. The van der Waals surface area contributed by atoms with E-state index in [0.717, 1.165) is 0 Å². The van der Waals surface area contributed by atoms with Crippen molar-refractivity contribution in [1.82, 2.24) is 0 Å². The van der Waals surface area contributed by atoms with Crippen LogP contribution in [-0.4, -0.2) is 5.71 Å². The van der Waals surface area contributed by atoms with Crippen molar-refractivity contribution >= 4 is 5.71 Å². The first-order valence-corrected chi connectivity index (χ1v) is 2.27. The Morgan fingerprint density at radius 3 is 2.12 bits per heavy atom. The topological polar surface area (TPSA) is 60.1 Å². The average molecular weight is 111 g/mol. The molecule has 0 radical (unpaired) electrons. The Labute approximate surface area is 48.4 Å². The molecule has 0 aliphatic carbocycles. The van der Waals surface area contributed by atoms with Gasteiger partial charge in [-0.2, -0.15) is 5.11 Å². The molecule has 3 nitrogen and oxygen atoms in total. The number of hydrogen-bond donors (Lipinski definition) is 2. The SMILES string of the molecule is CC(=N)/C=C(/C)N=N. The zero-order chi connectivity index (χ0) is 6.57. The maximum Gasteiger partial charge on any atom is 0.0610 e. The molecule has 0 aliphatic heterocycles. The third-order valence-corrected chi connectivity index (χ3v) is 0.602. The van der Waals surface area contributed by atoms with Gasteiger partial charge < -0.3 is 5.41 Å². The van der Waals surface area contributed by atoms with Crippen molar-refractivity contribution in [2.24, 2.45) is 5.11 Å². The summed E-state index contributed by atoms with van der Waals surface area (Å²) in [5.41, 5.74) is 7.46. The van der Waals surface area contributed by atoms with Crippen LogP contribution in [0.3, 0.4) is 0 Å². The lowest BCUT2D eigenvalue weighted by atomic mass is 10.3. The van der Waals surface area contributed by atoms with E-state index in [-0.39, 0.29) is 0 Å².